The van der Waals surface area contributed by atoms with Gasteiger partial charge >= 0.3 is 92.1 Å². The minimum absolute atomic E-state index is 0.596. The second-order valence-electron chi connectivity index (χ2n) is 7.11. The molecule has 0 N–H and O–H groups in total. The van der Waals surface area contributed by atoms with Crippen molar-refractivity contribution in [3.05, 3.63) is 41.0 Å². The summed E-state index contributed by atoms with van der Waals surface area (Å²) in [7, 11) is 12.8. The van der Waals surface area contributed by atoms with E-state index >= 15 is 0 Å². The first kappa shape index (κ1) is 21.8. The summed E-state index contributed by atoms with van der Waals surface area (Å²) < 4.78 is 2.23. The zero-order chi connectivity index (χ0) is 18.0. The van der Waals surface area contributed by atoms with Gasteiger partial charge in [0.25, 0.3) is 0 Å². The van der Waals surface area contributed by atoms with Crippen LogP contribution in [-0.4, -0.2) is 41.3 Å². The van der Waals surface area contributed by atoms with Crippen molar-refractivity contribution in [3.8, 4) is 0 Å². The van der Waals surface area contributed by atoms with E-state index in [1.54, 1.807) is 0 Å². The molecular formula is C20H32Cl2N2Sn-2. The zero-order valence-electron chi connectivity index (χ0n) is 15.5. The summed E-state index contributed by atoms with van der Waals surface area (Å²) in [5.74, 6) is 0. The Kier molecular flexibility index (Phi) is 10.5. The molecular weight excluding hydrogens is 458 g/mol. The first-order valence-corrected chi connectivity index (χ1v) is 20.6. The molecule has 0 saturated carbocycles. The summed E-state index contributed by atoms with van der Waals surface area (Å²) in [6.45, 7) is 4.36. The summed E-state index contributed by atoms with van der Waals surface area (Å²) in [4.78, 5) is 0. The molecule has 0 amide bonds. The van der Waals surface area contributed by atoms with Crippen molar-refractivity contribution >= 4 is 37.5 Å². The molecule has 1 aromatic rings. The fraction of sp³-hybridized carbons (Fsp3) is 0.700. The van der Waals surface area contributed by atoms with E-state index in [9.17, 15) is 0 Å². The van der Waals surface area contributed by atoms with Crippen LogP contribution in [0.15, 0.2) is 30.3 Å². The van der Waals surface area contributed by atoms with Gasteiger partial charge in [-0.1, -0.05) is 38.5 Å². The normalized spacial score (nSPS) is 24.3. The van der Waals surface area contributed by atoms with Gasteiger partial charge < -0.3 is 10.6 Å². The summed E-state index contributed by atoms with van der Waals surface area (Å²) in [6, 6.07) is 11.3. The van der Waals surface area contributed by atoms with Crippen molar-refractivity contribution in [2.24, 2.45) is 0 Å². The third-order valence-electron chi connectivity index (χ3n) is 5.03. The molecule has 0 spiro atoms. The van der Waals surface area contributed by atoms with Crippen LogP contribution >= 0.6 is 17.8 Å². The Balaban J connectivity index is 0.000000181. The Morgan fingerprint density at radius 2 is 1.48 bits per heavy atom. The standard InChI is InChI=1S/C10H18N2.C6H5.C4H9.2ClH.Sn/c1-3-7-11-9(5-1)10-6-2-4-8-12-10;1-2-4-6-5-3-1;1-3-4-2;;;/h9-10H,1-8H2;1-5H;1,3-4H2,2H3;2*1H;/q-2;;;;;+2/p-2. The number of hydrogen-bond acceptors (Lipinski definition) is 0. The average Bonchev–Trinajstić information content (AvgIpc) is 2.69. The Bertz CT molecular complexity index is 442. The summed E-state index contributed by atoms with van der Waals surface area (Å²) in [6.07, 6.45) is 10.3. The number of hydrogen-bond donors (Lipinski definition) is 0. The molecule has 2 nitrogen and oxygen atoms in total. The quantitative estimate of drug-likeness (QED) is 0.425. The molecule has 142 valence electrons. The summed E-state index contributed by atoms with van der Waals surface area (Å²) >= 11 is -2.90. The number of unbranched alkanes of at least 4 members (excludes halogenated alkanes) is 1. The summed E-state index contributed by atoms with van der Waals surface area (Å²) in [5, 5.41) is 9.32. The third-order valence-corrected chi connectivity index (χ3v) is 16.7. The van der Waals surface area contributed by atoms with Crippen molar-refractivity contribution in [1.29, 1.82) is 0 Å². The first-order valence-electron chi connectivity index (χ1n) is 9.90. The number of nitrogens with zero attached hydrogens (tertiary/aromatic N) is 2. The molecule has 2 atom stereocenters. The Morgan fingerprint density at radius 1 is 0.920 bits per heavy atom. The molecule has 2 unspecified atom stereocenters. The molecule has 2 saturated heterocycles. The maximum absolute atomic E-state index is 6.42. The van der Waals surface area contributed by atoms with Crippen LogP contribution in [0.4, 0.5) is 0 Å². The molecule has 25 heavy (non-hydrogen) atoms. The van der Waals surface area contributed by atoms with E-state index in [0.717, 1.165) is 23.9 Å². The fourth-order valence-electron chi connectivity index (χ4n) is 3.48. The second-order valence-corrected chi connectivity index (χ2v) is 24.2. The van der Waals surface area contributed by atoms with E-state index in [-0.39, 0.29) is 0 Å². The molecule has 2 aliphatic heterocycles. The predicted molar refractivity (Wildman–Crippen MR) is 115 cm³/mol. The van der Waals surface area contributed by atoms with E-state index in [1.165, 1.54) is 48.5 Å². The SMILES string of the molecule is C1CCC(C2CCCC[N-]2)[N-]C1.CCC[CH2][Sn]([Cl])([Cl])[c]1ccccc1. The van der Waals surface area contributed by atoms with Crippen molar-refractivity contribution in [2.45, 2.75) is 74.8 Å². The molecule has 0 aromatic heterocycles. The molecule has 1 aromatic carbocycles. The number of halogens is 2. The fourth-order valence-corrected chi connectivity index (χ4v) is 12.0. The van der Waals surface area contributed by atoms with Crippen molar-refractivity contribution in [2.75, 3.05) is 13.1 Å². The Hall–Kier alpha value is 0.519. The van der Waals surface area contributed by atoms with E-state index < -0.39 is 16.1 Å². The predicted octanol–water partition coefficient (Wildman–Crippen LogP) is 6.45. The molecule has 3 rings (SSSR count). The van der Waals surface area contributed by atoms with Crippen molar-refractivity contribution in [1.82, 2.24) is 0 Å². The molecule has 2 aliphatic rings. The van der Waals surface area contributed by atoms with E-state index in [1.807, 2.05) is 18.2 Å². The molecule has 0 aliphatic carbocycles. The monoisotopic (exact) mass is 490 g/mol. The van der Waals surface area contributed by atoms with Gasteiger partial charge in [0.15, 0.2) is 0 Å². The molecule has 5 heteroatoms. The Morgan fingerprint density at radius 3 is 1.92 bits per heavy atom. The van der Waals surface area contributed by atoms with E-state index in [0.29, 0.717) is 12.1 Å². The van der Waals surface area contributed by atoms with Gasteiger partial charge in [-0.3, -0.25) is 0 Å². The third kappa shape index (κ3) is 7.96. The minimum atomic E-state index is -2.90. The summed E-state index contributed by atoms with van der Waals surface area (Å²) in [5.41, 5.74) is 0. The van der Waals surface area contributed by atoms with Gasteiger partial charge in [-0.2, -0.15) is 12.1 Å². The number of benzene rings is 1. The van der Waals surface area contributed by atoms with Gasteiger partial charge in [-0.15, -0.1) is 13.1 Å². The second kappa shape index (κ2) is 12.1. The van der Waals surface area contributed by atoms with Gasteiger partial charge in [0.05, 0.1) is 0 Å². The molecule has 0 bridgehead atoms. The molecule has 2 heterocycles. The number of piperidine rings is 2. The van der Waals surface area contributed by atoms with Crippen LogP contribution in [0.5, 0.6) is 0 Å². The average molecular weight is 490 g/mol. The van der Waals surface area contributed by atoms with Crippen LogP contribution in [0.1, 0.15) is 58.3 Å². The number of rotatable bonds is 5. The van der Waals surface area contributed by atoms with Crippen molar-refractivity contribution in [3.63, 3.8) is 0 Å². The van der Waals surface area contributed by atoms with Gasteiger partial charge in [0.2, 0.25) is 0 Å². The van der Waals surface area contributed by atoms with Crippen LogP contribution in [0.25, 0.3) is 10.6 Å². The van der Waals surface area contributed by atoms with Gasteiger partial charge in [-0.05, 0) is 0 Å². The van der Waals surface area contributed by atoms with Crippen LogP contribution < -0.4 is 3.58 Å². The van der Waals surface area contributed by atoms with Crippen molar-refractivity contribution < 1.29 is 0 Å². The van der Waals surface area contributed by atoms with Gasteiger partial charge in [0.1, 0.15) is 0 Å². The topological polar surface area (TPSA) is 28.2 Å². The van der Waals surface area contributed by atoms with Gasteiger partial charge in [0, 0.05) is 0 Å². The molecule has 0 radical (unpaired) electrons. The molecule has 2 fully saturated rings. The van der Waals surface area contributed by atoms with Crippen LogP contribution in [0, 0.1) is 0 Å². The van der Waals surface area contributed by atoms with E-state index in [2.05, 4.69) is 29.7 Å². The van der Waals surface area contributed by atoms with Gasteiger partial charge in [-0.25, -0.2) is 0 Å². The van der Waals surface area contributed by atoms with E-state index in [4.69, 9.17) is 17.8 Å². The van der Waals surface area contributed by atoms with Crippen LogP contribution in [0.2, 0.25) is 4.44 Å². The zero-order valence-corrected chi connectivity index (χ0v) is 19.8. The Labute approximate surface area is 165 Å². The van der Waals surface area contributed by atoms with Crippen LogP contribution in [0.3, 0.4) is 0 Å². The first-order chi connectivity index (χ1) is 12.1. The van der Waals surface area contributed by atoms with Crippen LogP contribution in [-0.2, 0) is 0 Å². The maximum atomic E-state index is 6.42.